The van der Waals surface area contributed by atoms with Gasteiger partial charge in [0.15, 0.2) is 5.78 Å². The predicted octanol–water partition coefficient (Wildman–Crippen LogP) is 4.05. The van der Waals surface area contributed by atoms with Crippen LogP contribution in [0.15, 0.2) is 54.6 Å². The van der Waals surface area contributed by atoms with E-state index < -0.39 is 0 Å². The van der Waals surface area contributed by atoms with E-state index in [0.29, 0.717) is 6.42 Å². The minimum atomic E-state index is 0.173. The highest BCUT2D eigenvalue weighted by Crippen LogP contribution is 2.10. The summed E-state index contributed by atoms with van der Waals surface area (Å²) < 4.78 is 0. The second kappa shape index (κ2) is 6.50. The van der Waals surface area contributed by atoms with Crippen molar-refractivity contribution in [2.75, 3.05) is 5.33 Å². The Balaban J connectivity index is 2.05. The minimum Gasteiger partial charge on any atom is -0.294 e. The number of rotatable bonds is 5. The molecular weight excluding hydrogens is 288 g/mol. The number of benzene rings is 2. The van der Waals surface area contributed by atoms with E-state index in [9.17, 15) is 4.79 Å². The zero-order valence-corrected chi connectivity index (χ0v) is 11.7. The Kier molecular flexibility index (Phi) is 4.71. The average molecular weight is 303 g/mol. The Bertz CT molecular complexity index is 502. The van der Waals surface area contributed by atoms with Crippen molar-refractivity contribution >= 4 is 21.7 Å². The molecule has 0 N–H and O–H groups in total. The van der Waals surface area contributed by atoms with Gasteiger partial charge in [0.25, 0.3) is 0 Å². The van der Waals surface area contributed by atoms with Crippen LogP contribution in [0.2, 0.25) is 0 Å². The Morgan fingerprint density at radius 1 is 0.889 bits per heavy atom. The van der Waals surface area contributed by atoms with Crippen molar-refractivity contribution in [3.05, 3.63) is 71.3 Å². The average Bonchev–Trinajstić information content (AvgIpc) is 2.41. The van der Waals surface area contributed by atoms with Gasteiger partial charge >= 0.3 is 0 Å². The van der Waals surface area contributed by atoms with E-state index in [1.807, 2.05) is 54.6 Å². The number of Topliss-reactive ketones (excluding diaryl/α,β-unsaturated/α-hetero) is 1. The van der Waals surface area contributed by atoms with Gasteiger partial charge in [-0.1, -0.05) is 70.5 Å². The van der Waals surface area contributed by atoms with Gasteiger partial charge in [-0.15, -0.1) is 0 Å². The second-order valence-electron chi connectivity index (χ2n) is 4.22. The van der Waals surface area contributed by atoms with E-state index in [2.05, 4.69) is 15.9 Å². The lowest BCUT2D eigenvalue weighted by Crippen LogP contribution is -2.03. The topological polar surface area (TPSA) is 17.1 Å². The number of hydrogen-bond acceptors (Lipinski definition) is 1. The molecule has 1 nitrogen and oxygen atoms in total. The van der Waals surface area contributed by atoms with Gasteiger partial charge in [0.1, 0.15) is 0 Å². The van der Waals surface area contributed by atoms with Crippen molar-refractivity contribution in [3.63, 3.8) is 0 Å². The summed E-state index contributed by atoms with van der Waals surface area (Å²) in [4.78, 5) is 12.1. The summed E-state index contributed by atoms with van der Waals surface area (Å²) in [5, 5.41) is 0.949. The van der Waals surface area contributed by atoms with Gasteiger partial charge in [-0.3, -0.25) is 4.79 Å². The number of alkyl halides is 1. The van der Waals surface area contributed by atoms with Crippen molar-refractivity contribution in [2.24, 2.45) is 0 Å². The van der Waals surface area contributed by atoms with Crippen LogP contribution in [0.5, 0.6) is 0 Å². The van der Waals surface area contributed by atoms with Crippen molar-refractivity contribution in [2.45, 2.75) is 12.8 Å². The smallest absolute Gasteiger partial charge is 0.167 e. The standard InChI is InChI=1S/C16H15BrO/c17-11-10-13-6-8-15(9-7-13)16(18)12-14-4-2-1-3-5-14/h1-9H,10-12H2. The van der Waals surface area contributed by atoms with E-state index in [1.54, 1.807) is 0 Å². The highest BCUT2D eigenvalue weighted by molar-refractivity contribution is 9.09. The van der Waals surface area contributed by atoms with Crippen LogP contribution in [0.25, 0.3) is 0 Å². The maximum absolute atomic E-state index is 12.1. The van der Waals surface area contributed by atoms with Crippen LogP contribution >= 0.6 is 15.9 Å². The summed E-state index contributed by atoms with van der Waals surface area (Å²) in [5.74, 6) is 0.173. The first kappa shape index (κ1) is 13.0. The lowest BCUT2D eigenvalue weighted by molar-refractivity contribution is 0.0993. The largest absolute Gasteiger partial charge is 0.294 e. The minimum absolute atomic E-state index is 0.173. The first-order valence-electron chi connectivity index (χ1n) is 6.01. The van der Waals surface area contributed by atoms with Crippen molar-refractivity contribution in [1.29, 1.82) is 0 Å². The summed E-state index contributed by atoms with van der Waals surface area (Å²) in [6, 6.07) is 17.7. The van der Waals surface area contributed by atoms with Gasteiger partial charge < -0.3 is 0 Å². The lowest BCUT2D eigenvalue weighted by Gasteiger charge is -2.03. The molecule has 0 atom stereocenters. The lowest BCUT2D eigenvalue weighted by atomic mass is 10.0. The van der Waals surface area contributed by atoms with E-state index in [4.69, 9.17) is 0 Å². The molecule has 0 heterocycles. The van der Waals surface area contributed by atoms with Crippen LogP contribution in [0.3, 0.4) is 0 Å². The maximum atomic E-state index is 12.1. The fraction of sp³-hybridized carbons (Fsp3) is 0.188. The molecule has 0 saturated carbocycles. The molecule has 0 aromatic heterocycles. The van der Waals surface area contributed by atoms with Crippen molar-refractivity contribution < 1.29 is 4.79 Å². The van der Waals surface area contributed by atoms with E-state index in [0.717, 1.165) is 22.9 Å². The number of hydrogen-bond donors (Lipinski definition) is 0. The van der Waals surface area contributed by atoms with Gasteiger partial charge in [-0.25, -0.2) is 0 Å². The number of carbonyl (C=O) groups is 1. The third-order valence-electron chi connectivity index (χ3n) is 2.87. The molecule has 0 radical (unpaired) electrons. The SMILES string of the molecule is O=C(Cc1ccccc1)c1ccc(CCBr)cc1. The number of carbonyl (C=O) groups excluding carboxylic acids is 1. The zero-order valence-electron chi connectivity index (χ0n) is 10.1. The summed E-state index contributed by atoms with van der Waals surface area (Å²) in [6.45, 7) is 0. The molecule has 0 bridgehead atoms. The van der Waals surface area contributed by atoms with Gasteiger partial charge in [0.05, 0.1) is 0 Å². The monoisotopic (exact) mass is 302 g/mol. The molecule has 0 unspecified atom stereocenters. The van der Waals surface area contributed by atoms with Crippen LogP contribution in [0, 0.1) is 0 Å². The van der Waals surface area contributed by atoms with Crippen LogP contribution < -0.4 is 0 Å². The van der Waals surface area contributed by atoms with Crippen LogP contribution in [-0.2, 0) is 12.8 Å². The molecule has 0 fully saturated rings. The third kappa shape index (κ3) is 3.54. The third-order valence-corrected chi connectivity index (χ3v) is 3.26. The van der Waals surface area contributed by atoms with Gasteiger partial charge in [0, 0.05) is 17.3 Å². The molecular formula is C16H15BrO. The molecule has 2 aromatic rings. The molecule has 2 aromatic carbocycles. The van der Waals surface area contributed by atoms with Gasteiger partial charge in [0.2, 0.25) is 0 Å². The molecule has 0 aliphatic rings. The summed E-state index contributed by atoms with van der Waals surface area (Å²) >= 11 is 3.41. The first-order valence-corrected chi connectivity index (χ1v) is 7.14. The zero-order chi connectivity index (χ0) is 12.8. The van der Waals surface area contributed by atoms with Crippen molar-refractivity contribution in [1.82, 2.24) is 0 Å². The molecule has 0 aliphatic heterocycles. The van der Waals surface area contributed by atoms with Crippen LogP contribution in [0.1, 0.15) is 21.5 Å². The van der Waals surface area contributed by atoms with Gasteiger partial charge in [-0.05, 0) is 17.5 Å². The highest BCUT2D eigenvalue weighted by Gasteiger charge is 2.06. The molecule has 2 heteroatoms. The predicted molar refractivity (Wildman–Crippen MR) is 78.4 cm³/mol. The van der Waals surface area contributed by atoms with Gasteiger partial charge in [-0.2, -0.15) is 0 Å². The molecule has 2 rings (SSSR count). The Morgan fingerprint density at radius 2 is 1.56 bits per heavy atom. The molecule has 0 aliphatic carbocycles. The Labute approximate surface area is 116 Å². The summed E-state index contributed by atoms with van der Waals surface area (Å²) in [5.41, 5.74) is 3.10. The molecule has 92 valence electrons. The molecule has 0 spiro atoms. The van der Waals surface area contributed by atoms with E-state index in [-0.39, 0.29) is 5.78 Å². The number of aryl methyl sites for hydroxylation is 1. The Hall–Kier alpha value is -1.41. The quantitative estimate of drug-likeness (QED) is 0.601. The van der Waals surface area contributed by atoms with E-state index in [1.165, 1.54) is 5.56 Å². The first-order chi connectivity index (χ1) is 8.79. The van der Waals surface area contributed by atoms with Crippen LogP contribution in [-0.4, -0.2) is 11.1 Å². The normalized spacial score (nSPS) is 10.3. The second-order valence-corrected chi connectivity index (χ2v) is 5.01. The molecule has 0 amide bonds. The van der Waals surface area contributed by atoms with Crippen LogP contribution in [0.4, 0.5) is 0 Å². The van der Waals surface area contributed by atoms with E-state index >= 15 is 0 Å². The maximum Gasteiger partial charge on any atom is 0.167 e. The number of ketones is 1. The summed E-state index contributed by atoms with van der Waals surface area (Å²) in [6.07, 6.45) is 1.46. The number of halogens is 1. The fourth-order valence-corrected chi connectivity index (χ4v) is 2.31. The Morgan fingerprint density at radius 3 is 2.17 bits per heavy atom. The molecule has 0 saturated heterocycles. The fourth-order valence-electron chi connectivity index (χ4n) is 1.85. The van der Waals surface area contributed by atoms with Crippen molar-refractivity contribution in [3.8, 4) is 0 Å². The molecule has 18 heavy (non-hydrogen) atoms. The highest BCUT2D eigenvalue weighted by atomic mass is 79.9. The summed E-state index contributed by atoms with van der Waals surface area (Å²) in [7, 11) is 0.